The van der Waals surface area contributed by atoms with Crippen molar-refractivity contribution in [1.82, 2.24) is 16.0 Å². The van der Waals surface area contributed by atoms with E-state index in [1.165, 1.54) is 0 Å². The van der Waals surface area contributed by atoms with E-state index in [4.69, 9.17) is 0 Å². The van der Waals surface area contributed by atoms with Crippen molar-refractivity contribution in [3.63, 3.8) is 0 Å². The van der Waals surface area contributed by atoms with Crippen LogP contribution in [0.4, 0.5) is 5.69 Å². The molecule has 0 saturated carbocycles. The van der Waals surface area contributed by atoms with E-state index in [0.717, 1.165) is 36.7 Å². The molecule has 0 aliphatic carbocycles. The van der Waals surface area contributed by atoms with Crippen molar-refractivity contribution in [3.8, 4) is 0 Å². The quantitative estimate of drug-likeness (QED) is 0.221. The summed E-state index contributed by atoms with van der Waals surface area (Å²) in [5.41, 5.74) is 2.03. The summed E-state index contributed by atoms with van der Waals surface area (Å²) in [7, 11) is 0. The molecule has 3 N–H and O–H groups in total. The molecule has 156 valence electrons. The van der Waals surface area contributed by atoms with Gasteiger partial charge in [0, 0.05) is 44.2 Å². The molecule has 1 aromatic carbocycles. The van der Waals surface area contributed by atoms with Crippen LogP contribution >= 0.6 is 24.0 Å². The van der Waals surface area contributed by atoms with E-state index in [2.05, 4.69) is 20.9 Å². The van der Waals surface area contributed by atoms with Gasteiger partial charge >= 0.3 is 0 Å². The first kappa shape index (κ1) is 24.2. The van der Waals surface area contributed by atoms with Gasteiger partial charge in [0.15, 0.2) is 5.96 Å². The van der Waals surface area contributed by atoms with E-state index in [-0.39, 0.29) is 41.7 Å². The van der Waals surface area contributed by atoms with Crippen LogP contribution in [0.25, 0.3) is 0 Å². The number of carbonyl (C=O) groups is 2. The SMILES string of the molecule is CCNC(=NCc1ccc(N2CCCC2=O)cc1)NCCNC(=O)C(C)C.I. The number of anilines is 1. The zero-order valence-corrected chi connectivity index (χ0v) is 19.3. The van der Waals surface area contributed by atoms with Crippen LogP contribution in [0.15, 0.2) is 29.3 Å². The number of nitrogens with one attached hydrogen (secondary N) is 3. The fourth-order valence-corrected chi connectivity index (χ4v) is 2.79. The highest BCUT2D eigenvalue weighted by atomic mass is 127. The maximum Gasteiger partial charge on any atom is 0.227 e. The third-order valence-electron chi connectivity index (χ3n) is 4.33. The first-order valence-corrected chi connectivity index (χ1v) is 9.70. The molecular formula is C20H32IN5O2. The Morgan fingerprint density at radius 3 is 2.39 bits per heavy atom. The highest BCUT2D eigenvalue weighted by Crippen LogP contribution is 2.21. The molecule has 1 aliphatic rings. The Labute approximate surface area is 184 Å². The number of benzene rings is 1. The van der Waals surface area contributed by atoms with Crippen molar-refractivity contribution in [2.75, 3.05) is 31.1 Å². The molecule has 1 fully saturated rings. The molecule has 0 bridgehead atoms. The number of rotatable bonds is 8. The minimum Gasteiger partial charge on any atom is -0.357 e. The Hall–Kier alpha value is -1.84. The molecule has 0 unspecified atom stereocenters. The predicted octanol–water partition coefficient (Wildman–Crippen LogP) is 2.26. The van der Waals surface area contributed by atoms with Crippen molar-refractivity contribution >= 4 is 47.4 Å². The molecule has 1 aliphatic heterocycles. The van der Waals surface area contributed by atoms with Crippen molar-refractivity contribution in [2.24, 2.45) is 10.9 Å². The Kier molecular flexibility index (Phi) is 10.9. The summed E-state index contributed by atoms with van der Waals surface area (Å²) >= 11 is 0. The number of hydrogen-bond acceptors (Lipinski definition) is 3. The van der Waals surface area contributed by atoms with Crippen LogP contribution in [-0.2, 0) is 16.1 Å². The van der Waals surface area contributed by atoms with E-state index >= 15 is 0 Å². The van der Waals surface area contributed by atoms with Crippen molar-refractivity contribution in [1.29, 1.82) is 0 Å². The van der Waals surface area contributed by atoms with E-state index in [1.54, 1.807) is 0 Å². The smallest absolute Gasteiger partial charge is 0.227 e. The lowest BCUT2D eigenvalue weighted by Gasteiger charge is -2.16. The summed E-state index contributed by atoms with van der Waals surface area (Å²) < 4.78 is 0. The maximum absolute atomic E-state index is 11.8. The monoisotopic (exact) mass is 501 g/mol. The molecule has 7 nitrogen and oxygen atoms in total. The van der Waals surface area contributed by atoms with Crippen LogP contribution in [0.2, 0.25) is 0 Å². The van der Waals surface area contributed by atoms with Crippen LogP contribution in [-0.4, -0.2) is 44.0 Å². The van der Waals surface area contributed by atoms with Gasteiger partial charge in [0.2, 0.25) is 11.8 Å². The largest absolute Gasteiger partial charge is 0.357 e. The standard InChI is InChI=1S/C20H31N5O2.HI/c1-4-21-20(23-12-11-22-19(27)15(2)3)24-14-16-7-9-17(10-8-16)25-13-5-6-18(25)26;/h7-10,15H,4-6,11-14H2,1-3H3,(H,22,27)(H2,21,23,24);1H. The number of aliphatic imine (C=N–C) groups is 1. The Balaban J connectivity index is 0.00000392. The highest BCUT2D eigenvalue weighted by molar-refractivity contribution is 14.0. The molecule has 0 spiro atoms. The molecule has 0 atom stereocenters. The van der Waals surface area contributed by atoms with Gasteiger partial charge in [-0.15, -0.1) is 24.0 Å². The number of amides is 2. The van der Waals surface area contributed by atoms with Crippen LogP contribution in [0.3, 0.4) is 0 Å². The van der Waals surface area contributed by atoms with Crippen molar-refractivity contribution in [2.45, 2.75) is 40.2 Å². The van der Waals surface area contributed by atoms with Crippen molar-refractivity contribution < 1.29 is 9.59 Å². The summed E-state index contributed by atoms with van der Waals surface area (Å²) in [6, 6.07) is 7.99. The summed E-state index contributed by atoms with van der Waals surface area (Å²) in [6.45, 7) is 9.04. The first-order valence-electron chi connectivity index (χ1n) is 9.70. The molecule has 1 heterocycles. The molecule has 8 heteroatoms. The fraction of sp³-hybridized carbons (Fsp3) is 0.550. The summed E-state index contributed by atoms with van der Waals surface area (Å²) in [5.74, 6) is 0.958. The van der Waals surface area contributed by atoms with Gasteiger partial charge in [-0.05, 0) is 31.0 Å². The normalized spacial score (nSPS) is 14.1. The first-order chi connectivity index (χ1) is 13.0. The lowest BCUT2D eigenvalue weighted by Crippen LogP contribution is -2.42. The molecular weight excluding hydrogens is 469 g/mol. The van der Waals surface area contributed by atoms with Crippen LogP contribution in [0, 0.1) is 5.92 Å². The van der Waals surface area contributed by atoms with Crippen LogP contribution < -0.4 is 20.9 Å². The Bertz CT molecular complexity index is 661. The second-order valence-electron chi connectivity index (χ2n) is 6.88. The Morgan fingerprint density at radius 1 is 1.14 bits per heavy atom. The fourth-order valence-electron chi connectivity index (χ4n) is 2.79. The average molecular weight is 501 g/mol. The molecule has 0 aromatic heterocycles. The lowest BCUT2D eigenvalue weighted by molar-refractivity contribution is -0.124. The van der Waals surface area contributed by atoms with Gasteiger partial charge in [-0.25, -0.2) is 4.99 Å². The van der Waals surface area contributed by atoms with Gasteiger partial charge in [0.1, 0.15) is 0 Å². The van der Waals surface area contributed by atoms with Gasteiger partial charge in [-0.3, -0.25) is 9.59 Å². The van der Waals surface area contributed by atoms with Gasteiger partial charge in [-0.2, -0.15) is 0 Å². The number of hydrogen-bond donors (Lipinski definition) is 3. The van der Waals surface area contributed by atoms with E-state index in [0.29, 0.717) is 26.1 Å². The van der Waals surface area contributed by atoms with Crippen molar-refractivity contribution in [3.05, 3.63) is 29.8 Å². The molecule has 0 radical (unpaired) electrons. The zero-order chi connectivity index (χ0) is 19.6. The molecule has 1 aromatic rings. The predicted molar refractivity (Wildman–Crippen MR) is 124 cm³/mol. The van der Waals surface area contributed by atoms with Crippen LogP contribution in [0.5, 0.6) is 0 Å². The number of halogens is 1. The van der Waals surface area contributed by atoms with E-state index < -0.39 is 0 Å². The van der Waals surface area contributed by atoms with Gasteiger partial charge in [-0.1, -0.05) is 26.0 Å². The third kappa shape index (κ3) is 7.65. The number of guanidine groups is 1. The number of carbonyl (C=O) groups excluding carboxylic acids is 2. The average Bonchev–Trinajstić information content (AvgIpc) is 3.09. The van der Waals surface area contributed by atoms with Gasteiger partial charge in [0.05, 0.1) is 6.54 Å². The highest BCUT2D eigenvalue weighted by Gasteiger charge is 2.21. The molecule has 2 amide bonds. The topological polar surface area (TPSA) is 85.8 Å². The maximum atomic E-state index is 11.8. The van der Waals surface area contributed by atoms with Crippen LogP contribution in [0.1, 0.15) is 39.2 Å². The van der Waals surface area contributed by atoms with E-state index in [9.17, 15) is 9.59 Å². The molecule has 2 rings (SSSR count). The Morgan fingerprint density at radius 2 is 1.82 bits per heavy atom. The second-order valence-corrected chi connectivity index (χ2v) is 6.88. The minimum absolute atomic E-state index is 0. The lowest BCUT2D eigenvalue weighted by atomic mass is 10.2. The van der Waals surface area contributed by atoms with E-state index in [1.807, 2.05) is 49.9 Å². The third-order valence-corrected chi connectivity index (χ3v) is 4.33. The van der Waals surface area contributed by atoms with Gasteiger partial charge in [0.25, 0.3) is 0 Å². The molecule has 28 heavy (non-hydrogen) atoms. The van der Waals surface area contributed by atoms with Gasteiger partial charge < -0.3 is 20.9 Å². The minimum atomic E-state index is -0.00858. The number of nitrogens with zero attached hydrogens (tertiary/aromatic N) is 2. The second kappa shape index (κ2) is 12.6. The summed E-state index contributed by atoms with van der Waals surface area (Å²) in [6.07, 6.45) is 1.57. The summed E-state index contributed by atoms with van der Waals surface area (Å²) in [5, 5.41) is 9.29. The summed E-state index contributed by atoms with van der Waals surface area (Å²) in [4.78, 5) is 29.8. The zero-order valence-electron chi connectivity index (χ0n) is 17.0. The molecule has 1 saturated heterocycles.